The molecule has 80 valence electrons. The van der Waals surface area contributed by atoms with E-state index >= 15 is 0 Å². The SMILES string of the molecule is CCc1nnc(Cn2ncc(N)n2)n1C. The van der Waals surface area contributed by atoms with Crippen molar-refractivity contribution < 1.29 is 0 Å². The summed E-state index contributed by atoms with van der Waals surface area (Å²) in [7, 11) is 1.93. The average molecular weight is 207 g/mol. The Morgan fingerprint density at radius 2 is 2.07 bits per heavy atom. The van der Waals surface area contributed by atoms with Gasteiger partial charge in [0.2, 0.25) is 0 Å². The predicted molar refractivity (Wildman–Crippen MR) is 53.9 cm³/mol. The highest BCUT2D eigenvalue weighted by atomic mass is 15.5. The lowest BCUT2D eigenvalue weighted by molar-refractivity contribution is 0.556. The van der Waals surface area contributed by atoms with Gasteiger partial charge in [-0.3, -0.25) is 0 Å². The summed E-state index contributed by atoms with van der Waals surface area (Å²) in [5.74, 6) is 2.18. The smallest absolute Gasteiger partial charge is 0.165 e. The number of hydrogen-bond donors (Lipinski definition) is 1. The van der Waals surface area contributed by atoms with Crippen LogP contribution in [0.1, 0.15) is 18.6 Å². The van der Waals surface area contributed by atoms with Gasteiger partial charge in [0.15, 0.2) is 11.6 Å². The number of anilines is 1. The number of hydrogen-bond acceptors (Lipinski definition) is 5. The highest BCUT2D eigenvalue weighted by Gasteiger charge is 2.08. The first-order valence-corrected chi connectivity index (χ1v) is 4.73. The van der Waals surface area contributed by atoms with Gasteiger partial charge in [-0.2, -0.15) is 9.90 Å². The molecule has 0 aliphatic rings. The third kappa shape index (κ3) is 1.80. The van der Waals surface area contributed by atoms with E-state index in [-0.39, 0.29) is 0 Å². The van der Waals surface area contributed by atoms with Crippen LogP contribution in [0, 0.1) is 0 Å². The van der Waals surface area contributed by atoms with E-state index in [1.807, 2.05) is 18.5 Å². The van der Waals surface area contributed by atoms with Gasteiger partial charge in [0, 0.05) is 13.5 Å². The van der Waals surface area contributed by atoms with Crippen molar-refractivity contribution in [1.29, 1.82) is 0 Å². The van der Waals surface area contributed by atoms with Gasteiger partial charge in [0.1, 0.15) is 12.4 Å². The van der Waals surface area contributed by atoms with E-state index < -0.39 is 0 Å². The molecule has 7 heteroatoms. The maximum Gasteiger partial charge on any atom is 0.165 e. The van der Waals surface area contributed by atoms with Gasteiger partial charge in [-0.1, -0.05) is 6.92 Å². The number of nitrogens with zero attached hydrogens (tertiary/aromatic N) is 6. The lowest BCUT2D eigenvalue weighted by Crippen LogP contribution is -2.10. The quantitative estimate of drug-likeness (QED) is 0.739. The molecule has 0 unspecified atom stereocenters. The van der Waals surface area contributed by atoms with E-state index in [0.717, 1.165) is 18.1 Å². The Morgan fingerprint density at radius 3 is 2.60 bits per heavy atom. The third-order valence-corrected chi connectivity index (χ3v) is 2.21. The molecule has 0 atom stereocenters. The second kappa shape index (κ2) is 3.68. The summed E-state index contributed by atoms with van der Waals surface area (Å²) in [6, 6.07) is 0. The fourth-order valence-corrected chi connectivity index (χ4v) is 1.36. The Bertz CT molecular complexity index is 455. The zero-order valence-corrected chi connectivity index (χ0v) is 8.75. The molecule has 2 aromatic heterocycles. The number of nitrogen functional groups attached to an aromatic ring is 1. The van der Waals surface area contributed by atoms with Crippen molar-refractivity contribution in [2.24, 2.45) is 7.05 Å². The van der Waals surface area contributed by atoms with Crippen molar-refractivity contribution >= 4 is 5.82 Å². The Labute approximate surface area is 86.9 Å². The van der Waals surface area contributed by atoms with Crippen LogP contribution in [0.15, 0.2) is 6.20 Å². The number of aryl methyl sites for hydroxylation is 1. The minimum absolute atomic E-state index is 0.410. The molecule has 0 aliphatic carbocycles. The Morgan fingerprint density at radius 1 is 1.33 bits per heavy atom. The minimum atomic E-state index is 0.410. The van der Waals surface area contributed by atoms with E-state index in [2.05, 4.69) is 20.4 Å². The fourth-order valence-electron chi connectivity index (χ4n) is 1.36. The summed E-state index contributed by atoms with van der Waals surface area (Å²) in [4.78, 5) is 1.50. The molecule has 15 heavy (non-hydrogen) atoms. The van der Waals surface area contributed by atoms with E-state index in [0.29, 0.717) is 12.4 Å². The topological polar surface area (TPSA) is 87.4 Å². The fraction of sp³-hybridized carbons (Fsp3) is 0.500. The maximum atomic E-state index is 5.46. The van der Waals surface area contributed by atoms with E-state index in [9.17, 15) is 0 Å². The lowest BCUT2D eigenvalue weighted by Gasteiger charge is -2.01. The van der Waals surface area contributed by atoms with Crippen LogP contribution in [-0.4, -0.2) is 29.8 Å². The maximum absolute atomic E-state index is 5.46. The lowest BCUT2D eigenvalue weighted by atomic mass is 10.4. The third-order valence-electron chi connectivity index (χ3n) is 2.21. The summed E-state index contributed by atoms with van der Waals surface area (Å²) in [5.41, 5.74) is 5.46. The molecule has 0 spiro atoms. The van der Waals surface area contributed by atoms with Crippen LogP contribution in [0.25, 0.3) is 0 Å². The molecule has 0 fully saturated rings. The van der Waals surface area contributed by atoms with Crippen molar-refractivity contribution in [3.8, 4) is 0 Å². The van der Waals surface area contributed by atoms with Gasteiger partial charge in [-0.15, -0.1) is 15.3 Å². The van der Waals surface area contributed by atoms with Crippen LogP contribution in [0.2, 0.25) is 0 Å². The number of rotatable bonds is 3. The number of aromatic nitrogens is 6. The predicted octanol–water partition coefficient (Wildman–Crippen LogP) is -0.401. The standard InChI is InChI=1S/C8H13N7/c1-3-7-11-12-8(14(7)2)5-15-10-4-6(9)13-15/h4H,3,5H2,1-2H3,(H2,9,13). The molecule has 2 heterocycles. The Kier molecular flexibility index (Phi) is 2.36. The zero-order chi connectivity index (χ0) is 10.8. The molecule has 7 nitrogen and oxygen atoms in total. The normalized spacial score (nSPS) is 10.8. The zero-order valence-electron chi connectivity index (χ0n) is 8.75. The second-order valence-corrected chi connectivity index (χ2v) is 3.24. The molecule has 0 aromatic carbocycles. The van der Waals surface area contributed by atoms with Crippen LogP contribution in [0.3, 0.4) is 0 Å². The summed E-state index contributed by atoms with van der Waals surface area (Å²) in [5, 5.41) is 16.1. The molecular formula is C8H13N7. The van der Waals surface area contributed by atoms with Crippen LogP contribution in [0.4, 0.5) is 5.82 Å². The van der Waals surface area contributed by atoms with Gasteiger partial charge in [-0.25, -0.2) is 0 Å². The van der Waals surface area contributed by atoms with Crippen molar-refractivity contribution in [1.82, 2.24) is 29.8 Å². The molecule has 2 aromatic rings. The molecule has 0 radical (unpaired) electrons. The number of nitrogens with two attached hydrogens (primary N) is 1. The van der Waals surface area contributed by atoms with Crippen LogP contribution in [-0.2, 0) is 20.0 Å². The van der Waals surface area contributed by atoms with Gasteiger partial charge in [0.05, 0.1) is 6.20 Å². The van der Waals surface area contributed by atoms with E-state index in [1.165, 1.54) is 11.0 Å². The average Bonchev–Trinajstić information content (AvgIpc) is 2.76. The summed E-state index contributed by atoms with van der Waals surface area (Å²) in [6.07, 6.45) is 2.37. The van der Waals surface area contributed by atoms with Crippen molar-refractivity contribution in [2.75, 3.05) is 5.73 Å². The highest BCUT2D eigenvalue weighted by molar-refractivity contribution is 5.19. The molecule has 2 N–H and O–H groups in total. The Hall–Kier alpha value is -1.92. The van der Waals surface area contributed by atoms with Gasteiger partial charge in [-0.05, 0) is 0 Å². The molecule has 2 rings (SSSR count). The molecule has 0 amide bonds. The van der Waals surface area contributed by atoms with Gasteiger partial charge < -0.3 is 10.3 Å². The molecule has 0 saturated carbocycles. The monoisotopic (exact) mass is 207 g/mol. The van der Waals surface area contributed by atoms with Crippen molar-refractivity contribution in [3.63, 3.8) is 0 Å². The molecular weight excluding hydrogens is 194 g/mol. The first kappa shape index (κ1) is 9.63. The van der Waals surface area contributed by atoms with E-state index in [1.54, 1.807) is 0 Å². The van der Waals surface area contributed by atoms with Gasteiger partial charge >= 0.3 is 0 Å². The largest absolute Gasteiger partial charge is 0.381 e. The first-order chi connectivity index (χ1) is 7.20. The summed E-state index contributed by atoms with van der Waals surface area (Å²) >= 11 is 0. The second-order valence-electron chi connectivity index (χ2n) is 3.24. The summed E-state index contributed by atoms with van der Waals surface area (Å²) < 4.78 is 1.94. The van der Waals surface area contributed by atoms with Crippen molar-refractivity contribution in [2.45, 2.75) is 19.9 Å². The molecule has 0 bridgehead atoms. The van der Waals surface area contributed by atoms with E-state index in [4.69, 9.17) is 5.73 Å². The Balaban J connectivity index is 2.21. The highest BCUT2D eigenvalue weighted by Crippen LogP contribution is 2.02. The van der Waals surface area contributed by atoms with Crippen LogP contribution >= 0.6 is 0 Å². The van der Waals surface area contributed by atoms with Crippen LogP contribution < -0.4 is 5.73 Å². The summed E-state index contributed by atoms with van der Waals surface area (Å²) in [6.45, 7) is 2.53. The van der Waals surface area contributed by atoms with Crippen molar-refractivity contribution in [3.05, 3.63) is 17.8 Å². The molecule has 0 saturated heterocycles. The first-order valence-electron chi connectivity index (χ1n) is 4.73. The minimum Gasteiger partial charge on any atom is -0.381 e. The molecule has 0 aliphatic heterocycles. The van der Waals surface area contributed by atoms with Crippen LogP contribution in [0.5, 0.6) is 0 Å². The van der Waals surface area contributed by atoms with Gasteiger partial charge in [0.25, 0.3) is 0 Å².